The maximum Gasteiger partial charge on any atom is 0.257 e. The van der Waals surface area contributed by atoms with E-state index in [-0.39, 0.29) is 5.91 Å². The minimum Gasteiger partial charge on any atom is -0.431 e. The quantitative estimate of drug-likeness (QED) is 0.846. The van der Waals surface area contributed by atoms with Crippen LogP contribution in [0.5, 0.6) is 0 Å². The van der Waals surface area contributed by atoms with Crippen LogP contribution in [-0.2, 0) is 4.79 Å². The largest absolute Gasteiger partial charge is 0.431 e. The molecule has 1 aliphatic rings. The molecule has 0 saturated heterocycles. The van der Waals surface area contributed by atoms with Crippen molar-refractivity contribution in [1.29, 1.82) is 0 Å². The number of aromatic nitrogens is 1. The van der Waals surface area contributed by atoms with Crippen LogP contribution >= 0.6 is 23.4 Å². The number of hydrogen-bond acceptors (Lipinski definition) is 4. The van der Waals surface area contributed by atoms with Crippen LogP contribution in [0.2, 0.25) is 5.02 Å². The van der Waals surface area contributed by atoms with Crippen molar-refractivity contribution in [2.75, 3.05) is 5.75 Å². The van der Waals surface area contributed by atoms with Gasteiger partial charge < -0.3 is 9.73 Å². The first-order valence-electron chi connectivity index (χ1n) is 7.60. The summed E-state index contributed by atoms with van der Waals surface area (Å²) in [4.78, 5) is 16.4. The SMILES string of the molecule is CC1CCCCC1NC(=O)CSc1nc2cc(Cl)ccc2o1. The van der Waals surface area contributed by atoms with Crippen LogP contribution in [0.1, 0.15) is 32.6 Å². The molecule has 1 fully saturated rings. The summed E-state index contributed by atoms with van der Waals surface area (Å²) in [5.74, 6) is 0.933. The minimum atomic E-state index is 0.0454. The number of carbonyl (C=O) groups excluding carboxylic acids is 1. The van der Waals surface area contributed by atoms with Crippen LogP contribution < -0.4 is 5.32 Å². The number of nitrogens with zero attached hydrogens (tertiary/aromatic N) is 1. The molecule has 1 aromatic heterocycles. The van der Waals surface area contributed by atoms with Crippen LogP contribution in [0.15, 0.2) is 27.8 Å². The summed E-state index contributed by atoms with van der Waals surface area (Å²) in [6.07, 6.45) is 4.75. The summed E-state index contributed by atoms with van der Waals surface area (Å²) in [7, 11) is 0. The standard InChI is InChI=1S/C16H19ClN2O2S/c1-10-4-2-3-5-12(10)18-15(20)9-22-16-19-13-8-11(17)6-7-14(13)21-16/h6-8,10,12H,2-5,9H2,1H3,(H,18,20). The molecule has 0 aliphatic heterocycles. The molecule has 2 atom stereocenters. The highest BCUT2D eigenvalue weighted by Crippen LogP contribution is 2.26. The second-order valence-corrected chi connectivity index (χ2v) is 7.18. The molecule has 3 rings (SSSR count). The second kappa shape index (κ2) is 6.92. The molecule has 0 spiro atoms. The monoisotopic (exact) mass is 338 g/mol. The van der Waals surface area contributed by atoms with Gasteiger partial charge in [0.15, 0.2) is 5.58 Å². The van der Waals surface area contributed by atoms with Crippen molar-refractivity contribution < 1.29 is 9.21 Å². The second-order valence-electron chi connectivity index (χ2n) is 5.82. The lowest BCUT2D eigenvalue weighted by Crippen LogP contribution is -2.41. The van der Waals surface area contributed by atoms with Crippen molar-refractivity contribution in [3.8, 4) is 0 Å². The van der Waals surface area contributed by atoms with E-state index < -0.39 is 0 Å². The van der Waals surface area contributed by atoms with Gasteiger partial charge in [0, 0.05) is 11.1 Å². The Bertz CT molecular complexity index is 673. The van der Waals surface area contributed by atoms with Gasteiger partial charge in [0.25, 0.3) is 5.22 Å². The van der Waals surface area contributed by atoms with Crippen molar-refractivity contribution in [2.24, 2.45) is 5.92 Å². The normalized spacial score (nSPS) is 21.9. The molecule has 118 valence electrons. The molecule has 4 nitrogen and oxygen atoms in total. The van der Waals surface area contributed by atoms with Gasteiger partial charge in [0.05, 0.1) is 5.75 Å². The average molecular weight is 339 g/mol. The van der Waals surface area contributed by atoms with Crippen LogP contribution in [-0.4, -0.2) is 22.7 Å². The van der Waals surface area contributed by atoms with Gasteiger partial charge in [-0.1, -0.05) is 43.1 Å². The predicted octanol–water partition coefficient (Wildman–Crippen LogP) is 4.27. The first kappa shape index (κ1) is 15.7. The summed E-state index contributed by atoms with van der Waals surface area (Å²) >= 11 is 7.24. The molecular formula is C16H19ClN2O2S. The molecule has 22 heavy (non-hydrogen) atoms. The summed E-state index contributed by atoms with van der Waals surface area (Å²) in [5, 5.41) is 4.26. The first-order chi connectivity index (χ1) is 10.6. The van der Waals surface area contributed by atoms with Gasteiger partial charge in [-0.05, 0) is 37.0 Å². The van der Waals surface area contributed by atoms with Gasteiger partial charge in [-0.3, -0.25) is 4.79 Å². The van der Waals surface area contributed by atoms with E-state index in [2.05, 4.69) is 17.2 Å². The Hall–Kier alpha value is -1.20. The summed E-state index contributed by atoms with van der Waals surface area (Å²) in [5.41, 5.74) is 1.41. The Balaban J connectivity index is 1.55. The van der Waals surface area contributed by atoms with Crippen molar-refractivity contribution in [2.45, 2.75) is 43.9 Å². The Kier molecular flexibility index (Phi) is 4.93. The topological polar surface area (TPSA) is 55.1 Å². The maximum atomic E-state index is 12.1. The summed E-state index contributed by atoms with van der Waals surface area (Å²) in [6, 6.07) is 5.62. The number of nitrogens with one attached hydrogen (secondary N) is 1. The molecule has 1 amide bonds. The Morgan fingerprint density at radius 2 is 2.27 bits per heavy atom. The van der Waals surface area contributed by atoms with Crippen molar-refractivity contribution in [3.63, 3.8) is 0 Å². The lowest BCUT2D eigenvalue weighted by atomic mass is 9.86. The number of benzene rings is 1. The van der Waals surface area contributed by atoms with Gasteiger partial charge in [0.1, 0.15) is 5.52 Å². The highest BCUT2D eigenvalue weighted by atomic mass is 35.5. The fourth-order valence-corrected chi connectivity index (χ4v) is 3.66. The number of oxazole rings is 1. The molecule has 2 aromatic rings. The third-order valence-corrected chi connectivity index (χ3v) is 5.18. The van der Waals surface area contributed by atoms with E-state index in [1.54, 1.807) is 18.2 Å². The number of carbonyl (C=O) groups is 1. The number of thioether (sulfide) groups is 1. The Morgan fingerprint density at radius 3 is 3.09 bits per heavy atom. The molecule has 0 radical (unpaired) electrons. The summed E-state index contributed by atoms with van der Waals surface area (Å²) < 4.78 is 5.60. The predicted molar refractivity (Wildman–Crippen MR) is 89.3 cm³/mol. The molecule has 1 aliphatic carbocycles. The molecule has 2 unspecified atom stereocenters. The maximum absolute atomic E-state index is 12.1. The number of rotatable bonds is 4. The van der Waals surface area contributed by atoms with E-state index >= 15 is 0 Å². The van der Waals surface area contributed by atoms with Crippen molar-refractivity contribution in [3.05, 3.63) is 23.2 Å². The van der Waals surface area contributed by atoms with Crippen LogP contribution in [0.25, 0.3) is 11.1 Å². The van der Waals surface area contributed by atoms with Gasteiger partial charge in [-0.25, -0.2) is 4.98 Å². The first-order valence-corrected chi connectivity index (χ1v) is 8.96. The third-order valence-electron chi connectivity index (χ3n) is 4.11. The molecule has 1 N–H and O–H groups in total. The van der Waals surface area contributed by atoms with E-state index in [4.69, 9.17) is 16.0 Å². The van der Waals surface area contributed by atoms with Gasteiger partial charge in [-0.15, -0.1) is 0 Å². The van der Waals surface area contributed by atoms with Gasteiger partial charge >= 0.3 is 0 Å². The van der Waals surface area contributed by atoms with E-state index in [1.165, 1.54) is 31.0 Å². The zero-order valence-corrected chi connectivity index (χ0v) is 14.0. The lowest BCUT2D eigenvalue weighted by molar-refractivity contribution is -0.119. The van der Waals surface area contributed by atoms with E-state index in [9.17, 15) is 4.79 Å². The molecule has 1 heterocycles. The Labute approximate surface area is 139 Å². The zero-order chi connectivity index (χ0) is 15.5. The third kappa shape index (κ3) is 3.76. The fraction of sp³-hybridized carbons (Fsp3) is 0.500. The zero-order valence-electron chi connectivity index (χ0n) is 12.5. The fourth-order valence-electron chi connectivity index (χ4n) is 2.85. The highest BCUT2D eigenvalue weighted by Gasteiger charge is 2.22. The number of amides is 1. The van der Waals surface area contributed by atoms with Crippen molar-refractivity contribution >= 4 is 40.4 Å². The lowest BCUT2D eigenvalue weighted by Gasteiger charge is -2.29. The van der Waals surface area contributed by atoms with E-state index in [1.807, 2.05) is 0 Å². The number of fused-ring (bicyclic) bond motifs is 1. The van der Waals surface area contributed by atoms with E-state index in [0.717, 1.165) is 11.9 Å². The van der Waals surface area contributed by atoms with Crippen LogP contribution in [0.4, 0.5) is 0 Å². The molecule has 0 bridgehead atoms. The smallest absolute Gasteiger partial charge is 0.257 e. The van der Waals surface area contributed by atoms with Gasteiger partial charge in [0.2, 0.25) is 5.91 Å². The Morgan fingerprint density at radius 1 is 1.45 bits per heavy atom. The molecule has 1 aromatic carbocycles. The molecule has 6 heteroatoms. The average Bonchev–Trinajstić information content (AvgIpc) is 2.89. The van der Waals surface area contributed by atoms with Crippen LogP contribution in [0.3, 0.4) is 0 Å². The molecule has 1 saturated carbocycles. The minimum absolute atomic E-state index is 0.0454. The summed E-state index contributed by atoms with van der Waals surface area (Å²) in [6.45, 7) is 2.21. The number of halogens is 1. The highest BCUT2D eigenvalue weighted by molar-refractivity contribution is 7.99. The number of hydrogen-bond donors (Lipinski definition) is 1. The van der Waals surface area contributed by atoms with E-state index in [0.29, 0.717) is 33.5 Å². The van der Waals surface area contributed by atoms with Gasteiger partial charge in [-0.2, -0.15) is 0 Å². The molecular weight excluding hydrogens is 320 g/mol. The van der Waals surface area contributed by atoms with Crippen LogP contribution in [0, 0.1) is 5.92 Å². The van der Waals surface area contributed by atoms with Crippen molar-refractivity contribution in [1.82, 2.24) is 10.3 Å².